The van der Waals surface area contributed by atoms with E-state index in [1.165, 1.54) is 35.2 Å². The predicted octanol–water partition coefficient (Wildman–Crippen LogP) is 5.32. The second-order valence-corrected chi connectivity index (χ2v) is 6.85. The van der Waals surface area contributed by atoms with Gasteiger partial charge in [0.05, 0.1) is 5.56 Å². The summed E-state index contributed by atoms with van der Waals surface area (Å²) in [4.78, 5) is 16.2. The van der Waals surface area contributed by atoms with Crippen LogP contribution in [0.2, 0.25) is 0 Å². The summed E-state index contributed by atoms with van der Waals surface area (Å²) in [5.41, 5.74) is 4.44. The molecule has 0 bridgehead atoms. The van der Waals surface area contributed by atoms with Gasteiger partial charge in [0.15, 0.2) is 11.5 Å². The highest BCUT2D eigenvalue weighted by Crippen LogP contribution is 2.31. The second-order valence-electron chi connectivity index (χ2n) is 6.85. The minimum atomic E-state index is -4.37. The summed E-state index contributed by atoms with van der Waals surface area (Å²) in [7, 11) is 0. The Labute approximate surface area is 165 Å². The zero-order chi connectivity index (χ0) is 20.6. The minimum absolute atomic E-state index is 0.454. The molecule has 4 rings (SSSR count). The van der Waals surface area contributed by atoms with Gasteiger partial charge in [-0.15, -0.1) is 0 Å². The number of nitrogens with one attached hydrogen (secondary N) is 2. The number of benzene rings is 2. The molecule has 2 heterocycles. The molecule has 0 aliphatic carbocycles. The number of hydrogen-bond acceptors (Lipinski definition) is 4. The van der Waals surface area contributed by atoms with E-state index in [-0.39, 0.29) is 0 Å². The number of halogens is 3. The smallest absolute Gasteiger partial charge is 0.338 e. The van der Waals surface area contributed by atoms with Crippen molar-refractivity contribution in [2.24, 2.45) is 0 Å². The number of H-pyrrole nitrogens is 1. The highest BCUT2D eigenvalue weighted by Gasteiger charge is 2.30. The number of rotatable bonds is 4. The number of aromatic nitrogens is 4. The van der Waals surface area contributed by atoms with Gasteiger partial charge in [-0.05, 0) is 54.8 Å². The van der Waals surface area contributed by atoms with E-state index in [0.717, 1.165) is 18.0 Å². The number of anilines is 2. The number of hydrogen-bond donors (Lipinski definition) is 2. The Hall–Kier alpha value is -3.42. The Morgan fingerprint density at radius 2 is 1.66 bits per heavy atom. The molecule has 0 amide bonds. The summed E-state index contributed by atoms with van der Waals surface area (Å²) >= 11 is 0. The SMILES string of the molecule is Cc1cccc(C)c1Cc1nc2ncnc(Nc3ccc(C(F)(F)F)cc3)c2[nH]1. The van der Waals surface area contributed by atoms with Crippen LogP contribution in [0.4, 0.5) is 24.7 Å². The number of alkyl halides is 3. The molecule has 5 nitrogen and oxygen atoms in total. The van der Waals surface area contributed by atoms with E-state index < -0.39 is 11.7 Å². The molecule has 0 aliphatic heterocycles. The first-order valence-electron chi connectivity index (χ1n) is 9.00. The van der Waals surface area contributed by atoms with Crippen LogP contribution in [-0.4, -0.2) is 19.9 Å². The molecule has 0 radical (unpaired) electrons. The monoisotopic (exact) mass is 397 g/mol. The van der Waals surface area contributed by atoms with E-state index in [1.54, 1.807) is 0 Å². The topological polar surface area (TPSA) is 66.5 Å². The van der Waals surface area contributed by atoms with Crippen LogP contribution in [0.3, 0.4) is 0 Å². The Kier molecular flexibility index (Phi) is 4.70. The van der Waals surface area contributed by atoms with Gasteiger partial charge in [-0.2, -0.15) is 13.2 Å². The number of nitrogens with zero attached hydrogens (tertiary/aromatic N) is 3. The maximum absolute atomic E-state index is 12.7. The Balaban J connectivity index is 1.63. The van der Waals surface area contributed by atoms with Gasteiger partial charge in [0.25, 0.3) is 0 Å². The van der Waals surface area contributed by atoms with Crippen molar-refractivity contribution >= 4 is 22.7 Å². The lowest BCUT2D eigenvalue weighted by molar-refractivity contribution is -0.137. The zero-order valence-corrected chi connectivity index (χ0v) is 15.8. The van der Waals surface area contributed by atoms with Crippen LogP contribution < -0.4 is 5.32 Å². The third-order valence-electron chi connectivity index (χ3n) is 4.80. The van der Waals surface area contributed by atoms with Crippen LogP contribution in [0.1, 0.15) is 28.1 Å². The first-order valence-corrected chi connectivity index (χ1v) is 9.00. The van der Waals surface area contributed by atoms with Gasteiger partial charge in [0, 0.05) is 12.1 Å². The van der Waals surface area contributed by atoms with Gasteiger partial charge >= 0.3 is 6.18 Å². The third kappa shape index (κ3) is 3.91. The standard InChI is InChI=1S/C21H18F3N5/c1-12-4-3-5-13(2)16(12)10-17-28-18-19(25-11-26-20(18)29-17)27-15-8-6-14(7-9-15)21(22,23)24/h3-9,11H,10H2,1-2H3,(H2,25,26,27,28,29). The van der Waals surface area contributed by atoms with Crippen LogP contribution in [0.25, 0.3) is 11.2 Å². The molecule has 2 aromatic carbocycles. The lowest BCUT2D eigenvalue weighted by atomic mass is 10.00. The number of aromatic amines is 1. The van der Waals surface area contributed by atoms with Crippen LogP contribution in [0, 0.1) is 13.8 Å². The number of imidazole rings is 1. The fourth-order valence-corrected chi connectivity index (χ4v) is 3.23. The van der Waals surface area contributed by atoms with Crippen LogP contribution in [-0.2, 0) is 12.6 Å². The maximum Gasteiger partial charge on any atom is 0.416 e. The van der Waals surface area contributed by atoms with Crippen LogP contribution in [0.15, 0.2) is 48.8 Å². The van der Waals surface area contributed by atoms with Crippen molar-refractivity contribution in [1.82, 2.24) is 19.9 Å². The van der Waals surface area contributed by atoms with Gasteiger partial charge in [-0.25, -0.2) is 15.0 Å². The molecule has 0 unspecified atom stereocenters. The van der Waals surface area contributed by atoms with Crippen molar-refractivity contribution in [2.75, 3.05) is 5.32 Å². The fourth-order valence-electron chi connectivity index (χ4n) is 3.23. The molecular weight excluding hydrogens is 379 g/mol. The molecule has 8 heteroatoms. The van der Waals surface area contributed by atoms with Crippen molar-refractivity contribution in [2.45, 2.75) is 26.4 Å². The third-order valence-corrected chi connectivity index (χ3v) is 4.80. The average Bonchev–Trinajstić information content (AvgIpc) is 3.08. The lowest BCUT2D eigenvalue weighted by Gasteiger charge is -2.09. The second kappa shape index (κ2) is 7.20. The van der Waals surface area contributed by atoms with E-state index in [1.807, 2.05) is 6.07 Å². The maximum atomic E-state index is 12.7. The van der Waals surface area contributed by atoms with Gasteiger partial charge in [0.2, 0.25) is 0 Å². The summed E-state index contributed by atoms with van der Waals surface area (Å²) in [6.45, 7) is 4.12. The Bertz CT molecular complexity index is 1140. The van der Waals surface area contributed by atoms with E-state index in [2.05, 4.69) is 51.2 Å². The summed E-state index contributed by atoms with van der Waals surface area (Å²) in [6.07, 6.45) is -2.38. The molecule has 2 N–H and O–H groups in total. The Morgan fingerprint density at radius 1 is 0.966 bits per heavy atom. The first kappa shape index (κ1) is 18.9. The average molecular weight is 397 g/mol. The molecule has 29 heavy (non-hydrogen) atoms. The van der Waals surface area contributed by atoms with Crippen molar-refractivity contribution in [3.8, 4) is 0 Å². The summed E-state index contributed by atoms with van der Waals surface area (Å²) in [6, 6.07) is 10.9. The van der Waals surface area contributed by atoms with Crippen molar-refractivity contribution < 1.29 is 13.2 Å². The molecule has 2 aromatic heterocycles. The largest absolute Gasteiger partial charge is 0.416 e. The van der Waals surface area contributed by atoms with Gasteiger partial charge in [0.1, 0.15) is 17.7 Å². The predicted molar refractivity (Wildman–Crippen MR) is 105 cm³/mol. The molecule has 0 aliphatic rings. The zero-order valence-electron chi connectivity index (χ0n) is 15.8. The first-order chi connectivity index (χ1) is 13.8. The van der Waals surface area contributed by atoms with E-state index >= 15 is 0 Å². The lowest BCUT2D eigenvalue weighted by Crippen LogP contribution is -2.04. The molecule has 148 valence electrons. The van der Waals surface area contributed by atoms with Crippen LogP contribution >= 0.6 is 0 Å². The summed E-state index contributed by atoms with van der Waals surface area (Å²) in [5.74, 6) is 1.20. The van der Waals surface area contributed by atoms with E-state index in [4.69, 9.17) is 0 Å². The highest BCUT2D eigenvalue weighted by molar-refractivity contribution is 5.85. The van der Waals surface area contributed by atoms with Crippen molar-refractivity contribution in [1.29, 1.82) is 0 Å². The Morgan fingerprint density at radius 3 is 2.31 bits per heavy atom. The molecule has 0 spiro atoms. The normalized spacial score (nSPS) is 11.8. The van der Waals surface area contributed by atoms with Crippen LogP contribution in [0.5, 0.6) is 0 Å². The van der Waals surface area contributed by atoms with Gasteiger partial charge < -0.3 is 10.3 Å². The molecule has 0 saturated carbocycles. The fraction of sp³-hybridized carbons (Fsp3) is 0.190. The summed E-state index contributed by atoms with van der Waals surface area (Å²) in [5, 5.41) is 3.04. The minimum Gasteiger partial charge on any atom is -0.338 e. The summed E-state index contributed by atoms with van der Waals surface area (Å²) < 4.78 is 38.2. The van der Waals surface area contributed by atoms with Crippen molar-refractivity contribution in [3.63, 3.8) is 0 Å². The number of fused-ring (bicyclic) bond motifs is 1. The highest BCUT2D eigenvalue weighted by atomic mass is 19.4. The van der Waals surface area contributed by atoms with Gasteiger partial charge in [-0.3, -0.25) is 0 Å². The molecule has 0 fully saturated rings. The molecular formula is C21H18F3N5. The quantitative estimate of drug-likeness (QED) is 0.489. The molecule has 0 atom stereocenters. The van der Waals surface area contributed by atoms with E-state index in [9.17, 15) is 13.2 Å². The molecule has 4 aromatic rings. The van der Waals surface area contributed by atoms with E-state index in [0.29, 0.717) is 29.1 Å². The van der Waals surface area contributed by atoms with Gasteiger partial charge in [-0.1, -0.05) is 18.2 Å². The number of aryl methyl sites for hydroxylation is 2. The molecule has 0 saturated heterocycles. The van der Waals surface area contributed by atoms with Crippen molar-refractivity contribution in [3.05, 3.63) is 76.9 Å².